The van der Waals surface area contributed by atoms with Crippen molar-refractivity contribution in [3.05, 3.63) is 0 Å². The number of carbonyl (C=O) groups excluding carboxylic acids is 2. The molecule has 2 amide bonds. The van der Waals surface area contributed by atoms with Crippen LogP contribution in [-0.2, 0) is 14.4 Å². The normalized spacial score (nSPS) is 17.2. The summed E-state index contributed by atoms with van der Waals surface area (Å²) >= 11 is 0. The number of carbonyl (C=O) groups is 3. The largest absolute Gasteiger partial charge is 0.481 e. The van der Waals surface area contributed by atoms with E-state index in [0.717, 1.165) is 0 Å². The average molecular weight is 286 g/mol. The second-order valence-electron chi connectivity index (χ2n) is 5.15. The summed E-state index contributed by atoms with van der Waals surface area (Å²) < 4.78 is 0. The van der Waals surface area contributed by atoms with Gasteiger partial charge in [-0.3, -0.25) is 14.4 Å². The van der Waals surface area contributed by atoms with Gasteiger partial charge in [0.25, 0.3) is 0 Å². The molecular formula is C12H22N4O4. The fourth-order valence-electron chi connectivity index (χ4n) is 2.06. The van der Waals surface area contributed by atoms with E-state index in [-0.39, 0.29) is 18.2 Å². The quantitative estimate of drug-likeness (QED) is 0.606. The monoisotopic (exact) mass is 286 g/mol. The minimum absolute atomic E-state index is 0.0249. The number of carboxylic acid groups (broad SMARTS) is 1. The van der Waals surface area contributed by atoms with E-state index in [0.29, 0.717) is 32.7 Å². The van der Waals surface area contributed by atoms with Crippen LogP contribution in [0.2, 0.25) is 0 Å². The van der Waals surface area contributed by atoms with Gasteiger partial charge < -0.3 is 25.5 Å². The fraction of sp³-hybridized carbons (Fsp3) is 0.750. The number of rotatable bonds is 5. The van der Waals surface area contributed by atoms with Gasteiger partial charge in [0.1, 0.15) is 0 Å². The highest BCUT2D eigenvalue weighted by molar-refractivity contribution is 5.86. The molecule has 0 saturated carbocycles. The van der Waals surface area contributed by atoms with Crippen molar-refractivity contribution >= 4 is 17.8 Å². The second-order valence-corrected chi connectivity index (χ2v) is 5.15. The summed E-state index contributed by atoms with van der Waals surface area (Å²) in [6.07, 6.45) is -0.376. The molecule has 1 rings (SSSR count). The molecule has 1 aliphatic heterocycles. The van der Waals surface area contributed by atoms with Gasteiger partial charge in [0.15, 0.2) is 0 Å². The Morgan fingerprint density at radius 3 is 2.10 bits per heavy atom. The maximum Gasteiger partial charge on any atom is 0.305 e. The first-order chi connectivity index (χ1) is 9.31. The van der Waals surface area contributed by atoms with Gasteiger partial charge in [-0.1, -0.05) is 0 Å². The third kappa shape index (κ3) is 4.78. The number of aliphatic carboxylic acids is 1. The molecule has 8 heteroatoms. The van der Waals surface area contributed by atoms with Crippen LogP contribution in [0.3, 0.4) is 0 Å². The Labute approximate surface area is 118 Å². The lowest BCUT2D eigenvalue weighted by molar-refractivity contribution is -0.144. The van der Waals surface area contributed by atoms with Crippen LogP contribution in [0.15, 0.2) is 0 Å². The molecule has 114 valence electrons. The molecule has 1 atom stereocenters. The van der Waals surface area contributed by atoms with Crippen molar-refractivity contribution in [3.63, 3.8) is 0 Å². The van der Waals surface area contributed by atoms with Crippen molar-refractivity contribution in [1.82, 2.24) is 14.7 Å². The molecule has 8 nitrogen and oxygen atoms in total. The molecule has 0 spiro atoms. The molecule has 0 aromatic heterocycles. The zero-order valence-corrected chi connectivity index (χ0v) is 11.9. The van der Waals surface area contributed by atoms with Gasteiger partial charge in [-0.05, 0) is 14.1 Å². The standard InChI is InChI=1S/C12H22N4O4/c1-14(2)8-10(17)15-3-5-16(6-4-15)12(20)9(13)7-11(18)19/h9H,3-8,13H2,1-2H3,(H,18,19). The number of piperazine rings is 1. The summed E-state index contributed by atoms with van der Waals surface area (Å²) in [5, 5.41) is 8.62. The Balaban J connectivity index is 2.43. The van der Waals surface area contributed by atoms with Gasteiger partial charge in [-0.15, -0.1) is 0 Å². The maximum atomic E-state index is 11.9. The Kier molecular flexibility index (Phi) is 5.90. The summed E-state index contributed by atoms with van der Waals surface area (Å²) in [5.74, 6) is -1.44. The van der Waals surface area contributed by atoms with Gasteiger partial charge in [-0.25, -0.2) is 0 Å². The molecular weight excluding hydrogens is 264 g/mol. The lowest BCUT2D eigenvalue weighted by Crippen LogP contribution is -2.55. The second kappa shape index (κ2) is 7.20. The first kappa shape index (κ1) is 16.4. The molecule has 0 radical (unpaired) electrons. The van der Waals surface area contributed by atoms with Crippen LogP contribution in [0, 0.1) is 0 Å². The zero-order valence-electron chi connectivity index (χ0n) is 11.9. The summed E-state index contributed by atoms with van der Waals surface area (Å²) in [4.78, 5) is 39.3. The van der Waals surface area contributed by atoms with Crippen LogP contribution in [0.25, 0.3) is 0 Å². The molecule has 3 N–H and O–H groups in total. The van der Waals surface area contributed by atoms with Gasteiger partial charge in [0, 0.05) is 26.2 Å². The van der Waals surface area contributed by atoms with Crippen molar-refractivity contribution in [1.29, 1.82) is 0 Å². The number of carboxylic acids is 1. The van der Waals surface area contributed by atoms with Crippen LogP contribution in [0.1, 0.15) is 6.42 Å². The highest BCUT2D eigenvalue weighted by Crippen LogP contribution is 2.05. The molecule has 0 bridgehead atoms. The molecule has 0 aromatic carbocycles. The Hall–Kier alpha value is -1.67. The summed E-state index contributed by atoms with van der Waals surface area (Å²) in [7, 11) is 3.64. The summed E-state index contributed by atoms with van der Waals surface area (Å²) in [6.45, 7) is 2.04. The van der Waals surface area contributed by atoms with E-state index in [4.69, 9.17) is 10.8 Å². The lowest BCUT2D eigenvalue weighted by atomic mass is 10.1. The van der Waals surface area contributed by atoms with Gasteiger partial charge in [0.05, 0.1) is 19.0 Å². The third-order valence-corrected chi connectivity index (χ3v) is 3.11. The zero-order chi connectivity index (χ0) is 15.3. The van der Waals surface area contributed by atoms with E-state index in [9.17, 15) is 14.4 Å². The molecule has 1 saturated heterocycles. The fourth-order valence-corrected chi connectivity index (χ4v) is 2.06. The molecule has 20 heavy (non-hydrogen) atoms. The number of hydrogen-bond donors (Lipinski definition) is 2. The van der Waals surface area contributed by atoms with E-state index < -0.39 is 12.0 Å². The smallest absolute Gasteiger partial charge is 0.305 e. The van der Waals surface area contributed by atoms with Crippen LogP contribution >= 0.6 is 0 Å². The summed E-state index contributed by atoms with van der Waals surface area (Å²) in [5.41, 5.74) is 5.55. The number of amides is 2. The van der Waals surface area contributed by atoms with Crippen molar-refractivity contribution in [3.8, 4) is 0 Å². The van der Waals surface area contributed by atoms with E-state index in [1.807, 2.05) is 14.1 Å². The van der Waals surface area contributed by atoms with Crippen LogP contribution in [0.5, 0.6) is 0 Å². The first-order valence-electron chi connectivity index (χ1n) is 6.50. The number of hydrogen-bond acceptors (Lipinski definition) is 5. The minimum atomic E-state index is -1.09. The van der Waals surface area contributed by atoms with Crippen molar-refractivity contribution in [2.24, 2.45) is 5.73 Å². The molecule has 1 heterocycles. The van der Waals surface area contributed by atoms with Gasteiger partial charge >= 0.3 is 5.97 Å². The average Bonchev–Trinajstić information content (AvgIpc) is 2.36. The van der Waals surface area contributed by atoms with Gasteiger partial charge in [0.2, 0.25) is 11.8 Å². The Morgan fingerprint density at radius 1 is 1.15 bits per heavy atom. The SMILES string of the molecule is CN(C)CC(=O)N1CCN(C(=O)C(N)CC(=O)O)CC1. The summed E-state index contributed by atoms with van der Waals surface area (Å²) in [6, 6.07) is -1.02. The van der Waals surface area contributed by atoms with E-state index >= 15 is 0 Å². The van der Waals surface area contributed by atoms with Crippen LogP contribution in [0.4, 0.5) is 0 Å². The predicted octanol–water partition coefficient (Wildman–Crippen LogP) is -1.98. The molecule has 0 aliphatic carbocycles. The molecule has 1 fully saturated rings. The Bertz CT molecular complexity index is 378. The van der Waals surface area contributed by atoms with Crippen molar-refractivity contribution in [2.75, 3.05) is 46.8 Å². The molecule has 1 unspecified atom stereocenters. The van der Waals surface area contributed by atoms with Crippen LogP contribution in [-0.4, -0.2) is 90.5 Å². The maximum absolute atomic E-state index is 11.9. The van der Waals surface area contributed by atoms with Crippen molar-refractivity contribution in [2.45, 2.75) is 12.5 Å². The van der Waals surface area contributed by atoms with Crippen molar-refractivity contribution < 1.29 is 19.5 Å². The number of nitrogens with zero attached hydrogens (tertiary/aromatic N) is 3. The third-order valence-electron chi connectivity index (χ3n) is 3.11. The van der Waals surface area contributed by atoms with Crippen LogP contribution < -0.4 is 5.73 Å². The number of likely N-dealkylation sites (N-methyl/N-ethyl adjacent to an activating group) is 1. The lowest BCUT2D eigenvalue weighted by Gasteiger charge is -2.36. The first-order valence-corrected chi connectivity index (χ1v) is 6.50. The van der Waals surface area contributed by atoms with E-state index in [2.05, 4.69) is 0 Å². The Morgan fingerprint density at radius 2 is 1.65 bits per heavy atom. The van der Waals surface area contributed by atoms with E-state index in [1.54, 1.807) is 9.80 Å². The minimum Gasteiger partial charge on any atom is -0.481 e. The van der Waals surface area contributed by atoms with Gasteiger partial charge in [-0.2, -0.15) is 0 Å². The highest BCUT2D eigenvalue weighted by Gasteiger charge is 2.28. The predicted molar refractivity (Wildman–Crippen MR) is 71.9 cm³/mol. The molecule has 1 aliphatic rings. The van der Waals surface area contributed by atoms with E-state index in [1.165, 1.54) is 4.90 Å². The topological polar surface area (TPSA) is 107 Å². The number of nitrogens with two attached hydrogens (primary N) is 1. The molecule has 0 aromatic rings. The highest BCUT2D eigenvalue weighted by atomic mass is 16.4.